The van der Waals surface area contributed by atoms with E-state index in [9.17, 15) is 13.2 Å². The predicted octanol–water partition coefficient (Wildman–Crippen LogP) is 2.83. The van der Waals surface area contributed by atoms with Gasteiger partial charge in [-0.15, -0.1) is 0 Å². The fraction of sp³-hybridized carbons (Fsp3) is 0.333. The highest BCUT2D eigenvalue weighted by atomic mass is 19.4. The van der Waals surface area contributed by atoms with Crippen molar-refractivity contribution in [3.63, 3.8) is 0 Å². The highest BCUT2D eigenvalue weighted by molar-refractivity contribution is 5.37. The number of halogens is 3. The van der Waals surface area contributed by atoms with Gasteiger partial charge in [-0.05, 0) is 30.7 Å². The lowest BCUT2D eigenvalue weighted by Crippen LogP contribution is -2.04. The minimum absolute atomic E-state index is 0.459. The number of hydrogen-bond acceptors (Lipinski definition) is 1. The molecule has 1 aromatic carbocycles. The maximum absolute atomic E-state index is 12.2. The molecular formula is C12H11F3O. The van der Waals surface area contributed by atoms with Crippen LogP contribution in [0.15, 0.2) is 24.3 Å². The zero-order valence-corrected chi connectivity index (χ0v) is 8.67. The molecule has 1 atom stereocenters. The maximum Gasteiger partial charge on any atom is 0.416 e. The van der Waals surface area contributed by atoms with E-state index in [0.29, 0.717) is 12.0 Å². The van der Waals surface area contributed by atoms with E-state index in [0.717, 1.165) is 12.1 Å². The molecule has 1 rings (SSSR count). The normalized spacial score (nSPS) is 12.8. The second-order valence-corrected chi connectivity index (χ2v) is 3.27. The van der Waals surface area contributed by atoms with E-state index in [-0.39, 0.29) is 0 Å². The summed E-state index contributed by atoms with van der Waals surface area (Å²) in [5.41, 5.74) is -0.241. The average Bonchev–Trinajstić information content (AvgIpc) is 2.25. The Bertz CT molecular complexity index is 395. The van der Waals surface area contributed by atoms with Gasteiger partial charge in [0.05, 0.1) is 5.56 Å². The van der Waals surface area contributed by atoms with Gasteiger partial charge in [-0.2, -0.15) is 13.2 Å². The molecule has 0 spiro atoms. The van der Waals surface area contributed by atoms with E-state index in [4.69, 9.17) is 5.11 Å². The summed E-state index contributed by atoms with van der Waals surface area (Å²) in [7, 11) is 0. The van der Waals surface area contributed by atoms with Crippen LogP contribution in [-0.4, -0.2) is 11.2 Å². The van der Waals surface area contributed by atoms with Crippen LogP contribution < -0.4 is 0 Å². The van der Waals surface area contributed by atoms with E-state index < -0.39 is 17.8 Å². The van der Waals surface area contributed by atoms with Gasteiger partial charge in [0.15, 0.2) is 0 Å². The quantitative estimate of drug-likeness (QED) is 0.733. The minimum atomic E-state index is -4.32. The molecule has 1 aromatic rings. The molecule has 0 unspecified atom stereocenters. The Hall–Kier alpha value is -1.47. The van der Waals surface area contributed by atoms with Gasteiger partial charge in [0.1, 0.15) is 6.10 Å². The van der Waals surface area contributed by atoms with Crippen molar-refractivity contribution >= 4 is 0 Å². The van der Waals surface area contributed by atoms with E-state index in [2.05, 4.69) is 11.8 Å². The van der Waals surface area contributed by atoms with E-state index >= 15 is 0 Å². The molecule has 1 nitrogen and oxygen atoms in total. The van der Waals surface area contributed by atoms with Crippen LogP contribution in [0.5, 0.6) is 0 Å². The van der Waals surface area contributed by atoms with Crippen molar-refractivity contribution in [1.29, 1.82) is 0 Å². The predicted molar refractivity (Wildman–Crippen MR) is 54.6 cm³/mol. The van der Waals surface area contributed by atoms with Crippen molar-refractivity contribution in [2.45, 2.75) is 25.6 Å². The smallest absolute Gasteiger partial charge is 0.380 e. The molecule has 4 heteroatoms. The third kappa shape index (κ3) is 3.59. The molecule has 0 saturated carbocycles. The summed E-state index contributed by atoms with van der Waals surface area (Å²) in [5.74, 6) is 5.14. The number of hydrogen-bond donors (Lipinski definition) is 1. The Morgan fingerprint density at radius 2 is 1.81 bits per heavy atom. The highest BCUT2D eigenvalue weighted by Crippen LogP contribution is 2.28. The first kappa shape index (κ1) is 12.6. The van der Waals surface area contributed by atoms with Crippen molar-refractivity contribution < 1.29 is 18.3 Å². The lowest BCUT2D eigenvalue weighted by molar-refractivity contribution is -0.137. The summed E-state index contributed by atoms with van der Waals surface area (Å²) >= 11 is 0. The minimum Gasteiger partial charge on any atom is -0.380 e. The van der Waals surface area contributed by atoms with Gasteiger partial charge in [-0.1, -0.05) is 18.8 Å². The van der Waals surface area contributed by atoms with E-state index in [1.807, 2.05) is 0 Å². The lowest BCUT2D eigenvalue weighted by Gasteiger charge is -2.05. The van der Waals surface area contributed by atoms with Crippen LogP contribution in [0.3, 0.4) is 0 Å². The fourth-order valence-electron chi connectivity index (χ4n) is 1.01. The Morgan fingerprint density at radius 1 is 1.25 bits per heavy atom. The van der Waals surface area contributed by atoms with Gasteiger partial charge in [0, 0.05) is 5.56 Å². The number of aliphatic hydroxyl groups is 1. The zero-order valence-electron chi connectivity index (χ0n) is 8.67. The summed E-state index contributed by atoms with van der Waals surface area (Å²) in [5, 5.41) is 9.15. The van der Waals surface area contributed by atoms with Crippen LogP contribution >= 0.6 is 0 Å². The van der Waals surface area contributed by atoms with Gasteiger partial charge in [-0.25, -0.2) is 0 Å². The second kappa shape index (κ2) is 5.04. The fourth-order valence-corrected chi connectivity index (χ4v) is 1.01. The average molecular weight is 228 g/mol. The Morgan fingerprint density at radius 3 is 2.25 bits per heavy atom. The van der Waals surface area contributed by atoms with Crippen LogP contribution in [0, 0.1) is 11.8 Å². The monoisotopic (exact) mass is 228 g/mol. The molecule has 0 amide bonds. The van der Waals surface area contributed by atoms with Gasteiger partial charge >= 0.3 is 6.18 Å². The lowest BCUT2D eigenvalue weighted by atomic mass is 10.1. The molecular weight excluding hydrogens is 217 g/mol. The van der Waals surface area contributed by atoms with Crippen LogP contribution in [0.2, 0.25) is 0 Å². The van der Waals surface area contributed by atoms with Crippen molar-refractivity contribution in [3.05, 3.63) is 35.4 Å². The first-order valence-corrected chi connectivity index (χ1v) is 4.80. The van der Waals surface area contributed by atoms with Crippen LogP contribution in [0.1, 0.15) is 24.5 Å². The molecule has 0 aliphatic heterocycles. The molecule has 0 radical (unpaired) electrons. The SMILES string of the molecule is CC[C@@H](O)C#Cc1ccc(C(F)(F)F)cc1. The summed E-state index contributed by atoms with van der Waals surface area (Å²) < 4.78 is 36.6. The molecule has 0 aromatic heterocycles. The highest BCUT2D eigenvalue weighted by Gasteiger charge is 2.29. The number of alkyl halides is 3. The van der Waals surface area contributed by atoms with E-state index in [1.165, 1.54) is 12.1 Å². The molecule has 16 heavy (non-hydrogen) atoms. The molecule has 1 N–H and O–H groups in total. The number of benzene rings is 1. The van der Waals surface area contributed by atoms with Crippen molar-refractivity contribution in [3.8, 4) is 11.8 Å². The van der Waals surface area contributed by atoms with Crippen molar-refractivity contribution in [1.82, 2.24) is 0 Å². The van der Waals surface area contributed by atoms with Crippen LogP contribution in [0.4, 0.5) is 13.2 Å². The molecule has 0 fully saturated rings. The van der Waals surface area contributed by atoms with Crippen LogP contribution in [0.25, 0.3) is 0 Å². The number of aliphatic hydroxyl groups excluding tert-OH is 1. The largest absolute Gasteiger partial charge is 0.416 e. The van der Waals surface area contributed by atoms with Gasteiger partial charge < -0.3 is 5.11 Å². The van der Waals surface area contributed by atoms with Crippen molar-refractivity contribution in [2.75, 3.05) is 0 Å². The summed E-state index contributed by atoms with van der Waals surface area (Å²) in [6, 6.07) is 4.53. The Kier molecular flexibility index (Phi) is 3.97. The molecule has 0 heterocycles. The molecule has 0 saturated heterocycles. The molecule has 0 aliphatic rings. The summed E-state index contributed by atoms with van der Waals surface area (Å²) in [4.78, 5) is 0. The zero-order chi connectivity index (χ0) is 12.2. The third-order valence-electron chi connectivity index (χ3n) is 1.98. The first-order valence-electron chi connectivity index (χ1n) is 4.80. The van der Waals surface area contributed by atoms with Crippen molar-refractivity contribution in [2.24, 2.45) is 0 Å². The molecule has 0 bridgehead atoms. The van der Waals surface area contributed by atoms with E-state index in [1.54, 1.807) is 6.92 Å². The van der Waals surface area contributed by atoms with Gasteiger partial charge in [-0.3, -0.25) is 0 Å². The standard InChI is InChI=1S/C12H11F3O/c1-2-11(16)8-5-9-3-6-10(7-4-9)12(13,14)15/h3-4,6-7,11,16H,2H2,1H3/t11-/m1/s1. The first-order chi connectivity index (χ1) is 7.43. The molecule has 0 aliphatic carbocycles. The molecule has 86 valence electrons. The van der Waals surface area contributed by atoms with Gasteiger partial charge in [0.2, 0.25) is 0 Å². The second-order valence-electron chi connectivity index (χ2n) is 3.27. The Balaban J connectivity index is 2.83. The third-order valence-corrected chi connectivity index (χ3v) is 1.98. The van der Waals surface area contributed by atoms with Gasteiger partial charge in [0.25, 0.3) is 0 Å². The summed E-state index contributed by atoms with van der Waals surface area (Å²) in [6.45, 7) is 1.77. The summed E-state index contributed by atoms with van der Waals surface area (Å²) in [6.07, 6.45) is -4.56. The Labute approximate surface area is 91.9 Å². The topological polar surface area (TPSA) is 20.2 Å². The van der Waals surface area contributed by atoms with Crippen LogP contribution in [-0.2, 0) is 6.18 Å². The maximum atomic E-state index is 12.2. The number of rotatable bonds is 1.